The fourth-order valence-electron chi connectivity index (χ4n) is 3.99. The number of carboxylic acid groups (broad SMARTS) is 1. The topological polar surface area (TPSA) is 127 Å². The second kappa shape index (κ2) is 11.3. The molecule has 9 nitrogen and oxygen atoms in total. The summed E-state index contributed by atoms with van der Waals surface area (Å²) in [5, 5.41) is 14.2. The van der Waals surface area contributed by atoms with Gasteiger partial charge in [0, 0.05) is 18.7 Å². The Kier molecular flexibility index (Phi) is 7.69. The number of amides is 2. The van der Waals surface area contributed by atoms with Crippen molar-refractivity contribution < 1.29 is 29.0 Å². The number of rotatable bonds is 10. The number of hydrogen-bond donors (Lipinski definition) is 3. The molecule has 3 aromatic rings. The number of carboxylic acids is 1. The van der Waals surface area contributed by atoms with Crippen LogP contribution in [0.1, 0.15) is 33.8 Å². The molecule has 4 rings (SSSR count). The van der Waals surface area contributed by atoms with Crippen molar-refractivity contribution in [1.82, 2.24) is 10.3 Å². The molecule has 0 spiro atoms. The summed E-state index contributed by atoms with van der Waals surface area (Å²) in [4.78, 5) is 38.8. The lowest BCUT2D eigenvalue weighted by Crippen LogP contribution is -2.29. The predicted molar refractivity (Wildman–Crippen MR) is 128 cm³/mol. The van der Waals surface area contributed by atoms with Gasteiger partial charge in [0.25, 0.3) is 0 Å². The zero-order chi connectivity index (χ0) is 24.6. The SMILES string of the molecule is O=C(CCOCCNC(=O)OCC1c2ccccc2-c2ccccc21)Nc1cncc(C(=O)O)c1. The van der Waals surface area contributed by atoms with Crippen LogP contribution >= 0.6 is 0 Å². The van der Waals surface area contributed by atoms with E-state index in [1.54, 1.807) is 0 Å². The van der Waals surface area contributed by atoms with Crippen molar-refractivity contribution in [2.75, 3.05) is 31.7 Å². The lowest BCUT2D eigenvalue weighted by molar-refractivity contribution is -0.117. The van der Waals surface area contributed by atoms with E-state index < -0.39 is 12.1 Å². The van der Waals surface area contributed by atoms with E-state index in [4.69, 9.17) is 14.6 Å². The van der Waals surface area contributed by atoms with Crippen LogP contribution in [0.25, 0.3) is 11.1 Å². The minimum atomic E-state index is -1.12. The third-order valence-electron chi connectivity index (χ3n) is 5.60. The summed E-state index contributed by atoms with van der Waals surface area (Å²) >= 11 is 0. The fraction of sp³-hybridized carbons (Fsp3) is 0.231. The van der Waals surface area contributed by atoms with Gasteiger partial charge in [-0.15, -0.1) is 0 Å². The van der Waals surface area contributed by atoms with Crippen molar-refractivity contribution in [2.24, 2.45) is 0 Å². The molecule has 35 heavy (non-hydrogen) atoms. The van der Waals surface area contributed by atoms with Crippen molar-refractivity contribution in [1.29, 1.82) is 0 Å². The molecule has 0 bridgehead atoms. The summed E-state index contributed by atoms with van der Waals surface area (Å²) < 4.78 is 10.8. The summed E-state index contributed by atoms with van der Waals surface area (Å²) in [6.45, 7) is 0.833. The Hall–Kier alpha value is -4.24. The summed E-state index contributed by atoms with van der Waals surface area (Å²) in [7, 11) is 0. The van der Waals surface area contributed by atoms with Crippen LogP contribution in [0.2, 0.25) is 0 Å². The maximum Gasteiger partial charge on any atom is 0.407 e. The molecule has 0 saturated heterocycles. The van der Waals surface area contributed by atoms with Gasteiger partial charge in [-0.1, -0.05) is 48.5 Å². The lowest BCUT2D eigenvalue weighted by Gasteiger charge is -2.14. The Bertz CT molecular complexity index is 1180. The summed E-state index contributed by atoms with van der Waals surface area (Å²) in [5.74, 6) is -1.46. The normalized spacial score (nSPS) is 11.9. The zero-order valence-corrected chi connectivity index (χ0v) is 18.9. The van der Waals surface area contributed by atoms with E-state index in [9.17, 15) is 14.4 Å². The molecule has 0 fully saturated rings. The quantitative estimate of drug-likeness (QED) is 0.382. The minimum absolute atomic E-state index is 0.00527. The largest absolute Gasteiger partial charge is 0.478 e. The third kappa shape index (κ3) is 6.01. The minimum Gasteiger partial charge on any atom is -0.478 e. The van der Waals surface area contributed by atoms with Crippen molar-refractivity contribution in [3.63, 3.8) is 0 Å². The number of carbonyl (C=O) groups excluding carboxylic acids is 2. The average molecular weight is 476 g/mol. The number of fused-ring (bicyclic) bond motifs is 3. The molecule has 1 aliphatic carbocycles. The van der Waals surface area contributed by atoms with Gasteiger partial charge >= 0.3 is 12.1 Å². The van der Waals surface area contributed by atoms with Crippen LogP contribution in [0, 0.1) is 0 Å². The molecule has 3 N–H and O–H groups in total. The fourth-order valence-corrected chi connectivity index (χ4v) is 3.99. The van der Waals surface area contributed by atoms with E-state index in [2.05, 4.69) is 39.9 Å². The molecule has 2 amide bonds. The van der Waals surface area contributed by atoms with E-state index >= 15 is 0 Å². The molecule has 180 valence electrons. The monoisotopic (exact) mass is 475 g/mol. The highest BCUT2D eigenvalue weighted by Gasteiger charge is 2.28. The van der Waals surface area contributed by atoms with E-state index in [0.29, 0.717) is 5.69 Å². The third-order valence-corrected chi connectivity index (χ3v) is 5.60. The van der Waals surface area contributed by atoms with Crippen molar-refractivity contribution in [3.05, 3.63) is 83.7 Å². The maximum atomic E-state index is 12.1. The van der Waals surface area contributed by atoms with E-state index in [-0.39, 0.29) is 50.2 Å². The molecule has 0 atom stereocenters. The van der Waals surface area contributed by atoms with E-state index in [1.807, 2.05) is 24.3 Å². The van der Waals surface area contributed by atoms with Gasteiger partial charge in [0.2, 0.25) is 5.91 Å². The van der Waals surface area contributed by atoms with Gasteiger partial charge in [-0.2, -0.15) is 0 Å². The number of benzene rings is 2. The van der Waals surface area contributed by atoms with Crippen LogP contribution in [-0.2, 0) is 14.3 Å². The average Bonchev–Trinajstić information content (AvgIpc) is 3.18. The first kappa shape index (κ1) is 23.9. The Morgan fingerprint density at radius 1 is 0.943 bits per heavy atom. The van der Waals surface area contributed by atoms with Gasteiger partial charge in [0.1, 0.15) is 6.61 Å². The first-order valence-corrected chi connectivity index (χ1v) is 11.2. The van der Waals surface area contributed by atoms with Crippen LogP contribution in [-0.4, -0.2) is 54.4 Å². The van der Waals surface area contributed by atoms with Crippen molar-refractivity contribution in [3.8, 4) is 11.1 Å². The highest BCUT2D eigenvalue weighted by molar-refractivity contribution is 5.93. The van der Waals surface area contributed by atoms with E-state index in [1.165, 1.54) is 29.6 Å². The Morgan fingerprint density at radius 2 is 1.63 bits per heavy atom. The molecular weight excluding hydrogens is 450 g/mol. The number of nitrogens with zero attached hydrogens (tertiary/aromatic N) is 1. The van der Waals surface area contributed by atoms with Crippen LogP contribution < -0.4 is 10.6 Å². The number of aromatic carboxylic acids is 1. The smallest absolute Gasteiger partial charge is 0.407 e. The van der Waals surface area contributed by atoms with Gasteiger partial charge in [0.15, 0.2) is 0 Å². The summed E-state index contributed by atoms with van der Waals surface area (Å²) in [6.07, 6.45) is 2.11. The molecule has 0 aliphatic heterocycles. The van der Waals surface area contributed by atoms with Gasteiger partial charge < -0.3 is 25.2 Å². The lowest BCUT2D eigenvalue weighted by atomic mass is 9.98. The van der Waals surface area contributed by atoms with E-state index in [0.717, 1.165) is 11.1 Å². The standard InChI is InChI=1S/C26H25N3O6/c30-24(29-18-13-17(25(31)32)14-27-15-18)9-11-34-12-10-28-26(33)35-16-23-21-7-3-1-5-19(21)20-6-2-4-8-22(20)23/h1-8,13-15,23H,9-12,16H2,(H,28,33)(H,29,30)(H,31,32). The predicted octanol–water partition coefficient (Wildman–Crippen LogP) is 3.66. The number of nitrogens with one attached hydrogen (secondary N) is 2. The number of ether oxygens (including phenoxy) is 2. The molecular formula is C26H25N3O6. The Morgan fingerprint density at radius 3 is 2.31 bits per heavy atom. The molecule has 2 aromatic carbocycles. The molecule has 0 radical (unpaired) electrons. The number of alkyl carbamates (subject to hydrolysis) is 1. The molecule has 1 heterocycles. The number of aromatic nitrogens is 1. The molecule has 1 aliphatic rings. The van der Waals surface area contributed by atoms with Crippen LogP contribution in [0.3, 0.4) is 0 Å². The number of anilines is 1. The molecule has 1 aromatic heterocycles. The second-order valence-corrected chi connectivity index (χ2v) is 7.93. The number of pyridine rings is 1. The van der Waals surface area contributed by atoms with Gasteiger partial charge in [0.05, 0.1) is 37.1 Å². The van der Waals surface area contributed by atoms with Crippen molar-refractivity contribution >= 4 is 23.7 Å². The highest BCUT2D eigenvalue weighted by Crippen LogP contribution is 2.44. The maximum absolute atomic E-state index is 12.1. The zero-order valence-electron chi connectivity index (χ0n) is 18.9. The Balaban J connectivity index is 1.13. The van der Waals surface area contributed by atoms with Crippen LogP contribution in [0.15, 0.2) is 67.0 Å². The van der Waals surface area contributed by atoms with Gasteiger partial charge in [-0.05, 0) is 28.3 Å². The molecule has 0 unspecified atom stereocenters. The number of hydrogen-bond acceptors (Lipinski definition) is 6. The Labute approximate surface area is 202 Å². The first-order chi connectivity index (χ1) is 17.0. The molecule has 9 heteroatoms. The van der Waals surface area contributed by atoms with Crippen LogP contribution in [0.5, 0.6) is 0 Å². The van der Waals surface area contributed by atoms with Crippen LogP contribution in [0.4, 0.5) is 10.5 Å². The second-order valence-electron chi connectivity index (χ2n) is 7.93. The van der Waals surface area contributed by atoms with Gasteiger partial charge in [-0.25, -0.2) is 9.59 Å². The number of carbonyl (C=O) groups is 3. The summed E-state index contributed by atoms with van der Waals surface area (Å²) in [5.41, 5.74) is 4.91. The molecule has 0 saturated carbocycles. The van der Waals surface area contributed by atoms with Gasteiger partial charge in [-0.3, -0.25) is 9.78 Å². The highest BCUT2D eigenvalue weighted by atomic mass is 16.5. The van der Waals surface area contributed by atoms with Crippen molar-refractivity contribution in [2.45, 2.75) is 12.3 Å². The summed E-state index contributed by atoms with van der Waals surface area (Å²) in [6, 6.07) is 17.6. The first-order valence-electron chi connectivity index (χ1n) is 11.2.